The van der Waals surface area contributed by atoms with Crippen LogP contribution in [0.15, 0.2) is 30.5 Å². The van der Waals surface area contributed by atoms with Gasteiger partial charge in [-0.1, -0.05) is 18.2 Å². The van der Waals surface area contributed by atoms with Crippen molar-refractivity contribution in [2.24, 2.45) is 0 Å². The zero-order valence-corrected chi connectivity index (χ0v) is 12.7. The molecule has 0 bridgehead atoms. The lowest BCUT2D eigenvalue weighted by Crippen LogP contribution is -2.15. The number of nitro groups is 1. The molecular formula is C15H15N3O5. The van der Waals surface area contributed by atoms with Gasteiger partial charge in [0, 0.05) is 12.5 Å². The highest BCUT2D eigenvalue weighted by Crippen LogP contribution is 2.14. The number of hydrogen-bond acceptors (Lipinski definition) is 6. The van der Waals surface area contributed by atoms with Crippen molar-refractivity contribution in [2.75, 3.05) is 6.61 Å². The van der Waals surface area contributed by atoms with Crippen LogP contribution in [0.4, 0.5) is 5.82 Å². The van der Waals surface area contributed by atoms with Crippen molar-refractivity contribution in [1.29, 1.82) is 0 Å². The maximum absolute atomic E-state index is 12.1. The van der Waals surface area contributed by atoms with Gasteiger partial charge in [-0.2, -0.15) is 0 Å². The monoisotopic (exact) mass is 317 g/mol. The molecule has 0 saturated carbocycles. The van der Waals surface area contributed by atoms with Crippen molar-refractivity contribution in [3.63, 3.8) is 0 Å². The summed E-state index contributed by atoms with van der Waals surface area (Å²) in [7, 11) is 0. The summed E-state index contributed by atoms with van der Waals surface area (Å²) in [5.74, 6) is -0.588. The van der Waals surface area contributed by atoms with Crippen LogP contribution in [0.2, 0.25) is 0 Å². The second-order valence-corrected chi connectivity index (χ2v) is 4.81. The smallest absolute Gasteiger partial charge is 0.342 e. The van der Waals surface area contributed by atoms with E-state index < -0.39 is 10.9 Å². The molecule has 120 valence electrons. The minimum atomic E-state index is -0.642. The van der Waals surface area contributed by atoms with Gasteiger partial charge in [0.15, 0.2) is 11.6 Å². The number of carbonyl (C=O) groups excluding carboxylic acids is 2. The summed E-state index contributed by atoms with van der Waals surface area (Å²) in [6, 6.07) is 6.34. The largest absolute Gasteiger partial charge is 0.458 e. The second kappa shape index (κ2) is 6.82. The van der Waals surface area contributed by atoms with E-state index in [2.05, 4.69) is 4.98 Å². The van der Waals surface area contributed by atoms with Gasteiger partial charge < -0.3 is 14.9 Å². The van der Waals surface area contributed by atoms with E-state index in [1.165, 1.54) is 17.6 Å². The van der Waals surface area contributed by atoms with Crippen LogP contribution in [0.3, 0.4) is 0 Å². The van der Waals surface area contributed by atoms with Crippen LogP contribution >= 0.6 is 0 Å². The summed E-state index contributed by atoms with van der Waals surface area (Å²) in [4.78, 5) is 37.8. The molecule has 0 atom stereocenters. The predicted molar refractivity (Wildman–Crippen MR) is 80.3 cm³/mol. The third-order valence-corrected chi connectivity index (χ3v) is 3.30. The first kappa shape index (κ1) is 16.3. The lowest BCUT2D eigenvalue weighted by Gasteiger charge is -2.08. The van der Waals surface area contributed by atoms with E-state index in [4.69, 9.17) is 4.74 Å². The summed E-state index contributed by atoms with van der Waals surface area (Å²) < 4.78 is 6.47. The number of aryl methyl sites for hydroxylation is 1. The molecule has 0 amide bonds. The van der Waals surface area contributed by atoms with Crippen molar-refractivity contribution < 1.29 is 19.2 Å². The number of imidazole rings is 1. The molecule has 8 heteroatoms. The first-order valence-corrected chi connectivity index (χ1v) is 6.85. The molecule has 2 aromatic rings. The summed E-state index contributed by atoms with van der Waals surface area (Å²) >= 11 is 0. The van der Waals surface area contributed by atoms with Crippen LogP contribution in [0.1, 0.15) is 33.5 Å². The number of ether oxygens (including phenoxy) is 1. The number of aromatic nitrogens is 2. The highest BCUT2D eigenvalue weighted by molar-refractivity contribution is 6.05. The Labute approximate surface area is 131 Å². The summed E-state index contributed by atoms with van der Waals surface area (Å²) in [6.45, 7) is 3.03. The molecule has 2 rings (SSSR count). The Kier molecular flexibility index (Phi) is 4.85. The van der Waals surface area contributed by atoms with Crippen molar-refractivity contribution in [3.8, 4) is 0 Å². The van der Waals surface area contributed by atoms with Gasteiger partial charge in [0.25, 0.3) is 0 Å². The van der Waals surface area contributed by atoms with Crippen LogP contribution in [0.5, 0.6) is 0 Å². The fourth-order valence-corrected chi connectivity index (χ4v) is 2.15. The zero-order valence-electron chi connectivity index (χ0n) is 12.7. The van der Waals surface area contributed by atoms with Crippen LogP contribution in [-0.2, 0) is 11.3 Å². The fraction of sp³-hybridized carbons (Fsp3) is 0.267. The van der Waals surface area contributed by atoms with Gasteiger partial charge >= 0.3 is 11.8 Å². The highest BCUT2D eigenvalue weighted by atomic mass is 16.6. The van der Waals surface area contributed by atoms with Crippen LogP contribution < -0.4 is 0 Å². The predicted octanol–water partition coefficient (Wildman–Crippen LogP) is 2.16. The fourth-order valence-electron chi connectivity index (χ4n) is 2.15. The first-order chi connectivity index (χ1) is 10.9. The molecule has 0 aliphatic carbocycles. The van der Waals surface area contributed by atoms with E-state index in [0.717, 1.165) is 6.20 Å². The average Bonchev–Trinajstić information content (AvgIpc) is 2.88. The van der Waals surface area contributed by atoms with Gasteiger partial charge in [-0.05, 0) is 17.9 Å². The normalized spacial score (nSPS) is 10.3. The molecule has 23 heavy (non-hydrogen) atoms. The Morgan fingerprint density at radius 2 is 1.96 bits per heavy atom. The van der Waals surface area contributed by atoms with Gasteiger partial charge in [-0.3, -0.25) is 4.79 Å². The van der Waals surface area contributed by atoms with Crippen molar-refractivity contribution in [1.82, 2.24) is 9.55 Å². The number of nitrogens with zero attached hydrogens (tertiary/aromatic N) is 3. The summed E-state index contributed by atoms with van der Waals surface area (Å²) in [5.41, 5.74) is 0.458. The molecule has 0 N–H and O–H groups in total. The minimum Gasteiger partial charge on any atom is -0.458 e. The van der Waals surface area contributed by atoms with E-state index in [0.29, 0.717) is 5.82 Å². The van der Waals surface area contributed by atoms with E-state index in [-0.39, 0.29) is 35.9 Å². The molecule has 0 radical (unpaired) electrons. The van der Waals surface area contributed by atoms with Gasteiger partial charge in [0.05, 0.1) is 5.56 Å². The molecule has 0 spiro atoms. The quantitative estimate of drug-likeness (QED) is 0.350. The topological polar surface area (TPSA) is 104 Å². The number of benzene rings is 1. The molecular weight excluding hydrogens is 302 g/mol. The Morgan fingerprint density at radius 1 is 1.30 bits per heavy atom. The van der Waals surface area contributed by atoms with E-state index in [9.17, 15) is 19.7 Å². The van der Waals surface area contributed by atoms with Crippen LogP contribution in [0.25, 0.3) is 0 Å². The standard InChI is InChI=1S/C15H15N3O5/c1-10(19)12-5-3-4-6-13(12)15(20)23-8-7-17-11(2)16-9-14(17)18(21)22/h3-6,9H,7-8H2,1-2H3. The number of Topliss-reactive ketones (excluding diaryl/α,β-unsaturated/α-hetero) is 1. The Hall–Kier alpha value is -3.03. The second-order valence-electron chi connectivity index (χ2n) is 4.81. The van der Waals surface area contributed by atoms with Gasteiger partial charge in [0.2, 0.25) is 0 Å². The summed E-state index contributed by atoms with van der Waals surface area (Å²) in [5, 5.41) is 10.9. The maximum atomic E-state index is 12.1. The lowest BCUT2D eigenvalue weighted by molar-refractivity contribution is -0.392. The third kappa shape index (κ3) is 3.60. The Bertz CT molecular complexity index is 766. The number of carbonyl (C=O) groups is 2. The number of hydrogen-bond donors (Lipinski definition) is 0. The van der Waals surface area contributed by atoms with Gasteiger partial charge in [-0.25, -0.2) is 14.3 Å². The summed E-state index contributed by atoms with van der Waals surface area (Å²) in [6.07, 6.45) is 1.15. The lowest BCUT2D eigenvalue weighted by atomic mass is 10.0. The van der Waals surface area contributed by atoms with Crippen molar-refractivity contribution >= 4 is 17.6 Å². The maximum Gasteiger partial charge on any atom is 0.342 e. The number of rotatable bonds is 6. The van der Waals surface area contributed by atoms with Crippen molar-refractivity contribution in [2.45, 2.75) is 20.4 Å². The molecule has 0 aliphatic heterocycles. The van der Waals surface area contributed by atoms with E-state index >= 15 is 0 Å². The van der Waals surface area contributed by atoms with Crippen LogP contribution in [-0.4, -0.2) is 32.8 Å². The Balaban J connectivity index is 2.05. The number of esters is 1. The highest BCUT2D eigenvalue weighted by Gasteiger charge is 2.19. The molecule has 0 unspecified atom stereocenters. The molecule has 1 aromatic heterocycles. The molecule has 1 heterocycles. The van der Waals surface area contributed by atoms with Crippen molar-refractivity contribution in [3.05, 3.63) is 57.5 Å². The van der Waals surface area contributed by atoms with Gasteiger partial charge in [0.1, 0.15) is 19.3 Å². The minimum absolute atomic E-state index is 0.0664. The molecule has 0 fully saturated rings. The average molecular weight is 317 g/mol. The molecule has 0 saturated heterocycles. The van der Waals surface area contributed by atoms with Crippen LogP contribution in [0, 0.1) is 17.0 Å². The van der Waals surface area contributed by atoms with E-state index in [1.807, 2.05) is 0 Å². The molecule has 8 nitrogen and oxygen atoms in total. The SMILES string of the molecule is CC(=O)c1ccccc1C(=O)OCCn1c([N+](=O)[O-])cnc1C. The first-order valence-electron chi connectivity index (χ1n) is 6.85. The third-order valence-electron chi connectivity index (χ3n) is 3.30. The Morgan fingerprint density at radius 3 is 2.57 bits per heavy atom. The van der Waals surface area contributed by atoms with Gasteiger partial charge in [-0.15, -0.1) is 0 Å². The molecule has 1 aromatic carbocycles. The van der Waals surface area contributed by atoms with E-state index in [1.54, 1.807) is 25.1 Å². The number of ketones is 1. The molecule has 0 aliphatic rings. The zero-order chi connectivity index (χ0) is 17.0.